The molecule has 0 saturated heterocycles. The maximum Gasteiger partial charge on any atom is 0.225 e. The third kappa shape index (κ3) is 4.50. The first-order valence-electron chi connectivity index (χ1n) is 6.77. The molecule has 100 valence electrons. The lowest BCUT2D eigenvalue weighted by molar-refractivity contribution is -0.667. The van der Waals surface area contributed by atoms with E-state index in [2.05, 4.69) is 41.3 Å². The average Bonchev–Trinajstić information content (AvgIpc) is 2.77. The van der Waals surface area contributed by atoms with E-state index in [1.807, 2.05) is 11.3 Å². The van der Waals surface area contributed by atoms with Gasteiger partial charge in [-0.2, -0.15) is 4.57 Å². The van der Waals surface area contributed by atoms with E-state index in [9.17, 15) is 0 Å². The Kier molecular flexibility index (Phi) is 7.82. The Hall–Kier alpha value is -0.160. The fourth-order valence-electron chi connectivity index (χ4n) is 2.21. The van der Waals surface area contributed by atoms with E-state index in [0.29, 0.717) is 0 Å². The van der Waals surface area contributed by atoms with Crippen LogP contribution in [0.5, 0.6) is 0 Å². The zero-order chi connectivity index (χ0) is 11.9. The minimum Gasteiger partial charge on any atom is -1.00 e. The fraction of sp³-hybridized carbons (Fsp3) is 0.533. The van der Waals surface area contributed by atoms with Gasteiger partial charge in [-0.25, -0.2) is 0 Å². The second-order valence-electron chi connectivity index (χ2n) is 4.65. The fourth-order valence-corrected chi connectivity index (χ4v) is 3.13. The molecule has 0 unspecified atom stereocenters. The quantitative estimate of drug-likeness (QED) is 0.393. The summed E-state index contributed by atoms with van der Waals surface area (Å²) in [5, 5.41) is 0. The Morgan fingerprint density at radius 2 is 1.72 bits per heavy atom. The van der Waals surface area contributed by atoms with Gasteiger partial charge < -0.3 is 24.0 Å². The molecule has 3 heteroatoms. The molecule has 0 spiro atoms. The van der Waals surface area contributed by atoms with Gasteiger partial charge in [-0.1, -0.05) is 56.1 Å². The van der Waals surface area contributed by atoms with Gasteiger partial charge in [0, 0.05) is 12.5 Å². The third-order valence-corrected chi connectivity index (χ3v) is 4.19. The van der Waals surface area contributed by atoms with Gasteiger partial charge in [-0.05, 0) is 12.5 Å². The molecule has 0 atom stereocenters. The number of unbranched alkanes of at least 4 members (excludes halogenated alkanes) is 5. The van der Waals surface area contributed by atoms with Gasteiger partial charge in [0.25, 0.3) is 0 Å². The third-order valence-electron chi connectivity index (χ3n) is 3.23. The molecule has 2 rings (SSSR count). The second kappa shape index (κ2) is 8.86. The van der Waals surface area contributed by atoms with E-state index in [4.69, 9.17) is 0 Å². The first-order chi connectivity index (χ1) is 8.42. The zero-order valence-corrected chi connectivity index (χ0v) is 14.0. The Morgan fingerprint density at radius 1 is 1.00 bits per heavy atom. The molecular weight excluding hydrogens is 353 g/mol. The maximum absolute atomic E-state index is 2.40. The topological polar surface area (TPSA) is 3.88 Å². The molecule has 0 N–H and O–H groups in total. The number of hydrogen-bond donors (Lipinski definition) is 0. The van der Waals surface area contributed by atoms with Crippen LogP contribution in [0, 0.1) is 0 Å². The van der Waals surface area contributed by atoms with Gasteiger partial charge in [0.05, 0.1) is 0 Å². The minimum absolute atomic E-state index is 0. The summed E-state index contributed by atoms with van der Waals surface area (Å²) in [6.45, 7) is 3.45. The van der Waals surface area contributed by atoms with Crippen LogP contribution in [0.15, 0.2) is 29.8 Å². The summed E-state index contributed by atoms with van der Waals surface area (Å²) in [6.07, 6.45) is 8.23. The van der Waals surface area contributed by atoms with Crippen molar-refractivity contribution in [1.82, 2.24) is 0 Å². The molecule has 0 aliphatic carbocycles. The summed E-state index contributed by atoms with van der Waals surface area (Å²) in [6, 6.07) is 8.68. The van der Waals surface area contributed by atoms with Crippen LogP contribution in [0.3, 0.4) is 0 Å². The number of rotatable bonds is 7. The molecule has 18 heavy (non-hydrogen) atoms. The number of thiazole rings is 1. The number of benzene rings is 1. The Morgan fingerprint density at radius 3 is 2.56 bits per heavy atom. The molecule has 0 fully saturated rings. The van der Waals surface area contributed by atoms with Gasteiger partial charge in [-0.15, -0.1) is 0 Å². The average molecular weight is 375 g/mol. The highest BCUT2D eigenvalue weighted by Gasteiger charge is 2.09. The van der Waals surface area contributed by atoms with Crippen molar-refractivity contribution in [3.63, 3.8) is 0 Å². The normalized spacial score (nSPS) is 10.5. The number of aromatic nitrogens is 1. The second-order valence-corrected chi connectivity index (χ2v) is 5.54. The highest BCUT2D eigenvalue weighted by atomic mass is 127. The van der Waals surface area contributed by atoms with E-state index in [-0.39, 0.29) is 24.0 Å². The number of halogens is 1. The van der Waals surface area contributed by atoms with E-state index in [0.717, 1.165) is 0 Å². The van der Waals surface area contributed by atoms with Gasteiger partial charge in [0.2, 0.25) is 11.0 Å². The van der Waals surface area contributed by atoms with Crippen molar-refractivity contribution >= 4 is 21.6 Å². The lowest BCUT2D eigenvalue weighted by atomic mass is 10.1. The molecule has 0 radical (unpaired) electrons. The Labute approximate surface area is 131 Å². The van der Waals surface area contributed by atoms with E-state index < -0.39 is 0 Å². The van der Waals surface area contributed by atoms with Crippen LogP contribution in [-0.2, 0) is 6.54 Å². The van der Waals surface area contributed by atoms with E-state index in [1.54, 1.807) is 0 Å². The minimum atomic E-state index is 0. The molecule has 0 aliphatic heterocycles. The summed E-state index contributed by atoms with van der Waals surface area (Å²) in [5.41, 5.74) is 3.66. The molecule has 0 bridgehead atoms. The molecular formula is C15H22INS. The summed E-state index contributed by atoms with van der Waals surface area (Å²) in [5.74, 6) is 0. The molecule has 0 saturated carbocycles. The van der Waals surface area contributed by atoms with Crippen LogP contribution in [-0.4, -0.2) is 0 Å². The predicted octanol–water partition coefficient (Wildman–Crippen LogP) is 1.55. The Bertz CT molecular complexity index is 452. The number of para-hydroxylation sites is 1. The monoisotopic (exact) mass is 375 g/mol. The first-order valence-corrected chi connectivity index (χ1v) is 7.65. The van der Waals surface area contributed by atoms with Gasteiger partial charge in [0.1, 0.15) is 11.2 Å². The zero-order valence-electron chi connectivity index (χ0n) is 11.1. The van der Waals surface area contributed by atoms with Crippen molar-refractivity contribution in [3.8, 4) is 0 Å². The molecule has 1 aromatic heterocycles. The van der Waals surface area contributed by atoms with E-state index in [1.165, 1.54) is 55.3 Å². The molecule has 1 aromatic carbocycles. The standard InChI is InChI=1S/C15H22NS.HI/c1-2-3-4-5-6-9-12-16-13-17-15-11-8-7-10-14(15)16;/h7-8,10-11,13H,2-6,9,12H2,1H3;1H/q+1;/p-1. The number of nitrogens with zero attached hydrogens (tertiary/aromatic N) is 1. The lowest BCUT2D eigenvalue weighted by Gasteiger charge is -1.97. The SMILES string of the molecule is CCCCCCCC[n+]1csc2ccccc21.[I-]. The predicted molar refractivity (Wildman–Crippen MR) is 75.4 cm³/mol. The number of hydrogen-bond acceptors (Lipinski definition) is 1. The maximum atomic E-state index is 2.40. The molecule has 2 aromatic rings. The van der Waals surface area contributed by atoms with Crippen LogP contribution in [0.4, 0.5) is 0 Å². The largest absolute Gasteiger partial charge is 1.00 e. The molecule has 0 amide bonds. The van der Waals surface area contributed by atoms with Gasteiger partial charge >= 0.3 is 0 Å². The van der Waals surface area contributed by atoms with Crippen molar-refractivity contribution < 1.29 is 28.5 Å². The highest BCUT2D eigenvalue weighted by Crippen LogP contribution is 2.15. The van der Waals surface area contributed by atoms with Crippen LogP contribution in [0.25, 0.3) is 10.2 Å². The van der Waals surface area contributed by atoms with Crippen LogP contribution in [0.2, 0.25) is 0 Å². The molecule has 1 nitrogen and oxygen atoms in total. The number of aryl methyl sites for hydroxylation is 1. The lowest BCUT2D eigenvalue weighted by Crippen LogP contribution is -3.00. The van der Waals surface area contributed by atoms with Crippen molar-refractivity contribution in [2.75, 3.05) is 0 Å². The summed E-state index contributed by atoms with van der Waals surface area (Å²) < 4.78 is 3.80. The van der Waals surface area contributed by atoms with Crippen molar-refractivity contribution in [2.24, 2.45) is 0 Å². The summed E-state index contributed by atoms with van der Waals surface area (Å²) in [4.78, 5) is 0. The smallest absolute Gasteiger partial charge is 0.225 e. The highest BCUT2D eigenvalue weighted by molar-refractivity contribution is 7.16. The van der Waals surface area contributed by atoms with Crippen LogP contribution < -0.4 is 28.5 Å². The van der Waals surface area contributed by atoms with Crippen molar-refractivity contribution in [3.05, 3.63) is 29.8 Å². The molecule has 0 aliphatic rings. The van der Waals surface area contributed by atoms with Crippen LogP contribution >= 0.6 is 11.3 Å². The summed E-state index contributed by atoms with van der Waals surface area (Å²) in [7, 11) is 0. The van der Waals surface area contributed by atoms with Crippen molar-refractivity contribution in [1.29, 1.82) is 0 Å². The number of fused-ring (bicyclic) bond motifs is 1. The first kappa shape index (κ1) is 15.9. The van der Waals surface area contributed by atoms with Gasteiger partial charge in [-0.3, -0.25) is 0 Å². The van der Waals surface area contributed by atoms with Crippen LogP contribution in [0.1, 0.15) is 45.4 Å². The summed E-state index contributed by atoms with van der Waals surface area (Å²) >= 11 is 1.85. The van der Waals surface area contributed by atoms with E-state index >= 15 is 0 Å². The Balaban J connectivity index is 0.00000162. The van der Waals surface area contributed by atoms with Crippen molar-refractivity contribution in [2.45, 2.75) is 52.0 Å². The molecule has 1 heterocycles. The van der Waals surface area contributed by atoms with Gasteiger partial charge in [0.15, 0.2) is 0 Å².